The van der Waals surface area contributed by atoms with Gasteiger partial charge in [-0.25, -0.2) is 8.42 Å². The summed E-state index contributed by atoms with van der Waals surface area (Å²) in [5.74, 6) is 0. The molecule has 0 saturated heterocycles. The third-order valence-corrected chi connectivity index (χ3v) is 5.15. The average Bonchev–Trinajstić information content (AvgIpc) is 2.84. The lowest BCUT2D eigenvalue weighted by atomic mass is 10.2. The first-order valence-corrected chi connectivity index (χ1v) is 8.90. The zero-order valence-corrected chi connectivity index (χ0v) is 14.2. The second kappa shape index (κ2) is 6.99. The van der Waals surface area contributed by atoms with Gasteiger partial charge >= 0.3 is 5.01 Å². The van der Waals surface area contributed by atoms with Gasteiger partial charge in [0, 0.05) is 6.07 Å². The standard InChI is InChI=1S/C10H10NOS.C6H6O3S/c1-7-3-4-9-8(5-7)11(2)10(6-12)13-9;7-10(8,9)6-4-2-1-3-5-6/h3-6H,1-2H3;1-5H,(H,7,8,9)/q+1;/p-1. The molecule has 5 nitrogen and oxygen atoms in total. The van der Waals surface area contributed by atoms with Crippen LogP contribution in [0, 0.1) is 6.92 Å². The number of rotatable bonds is 2. The third-order valence-electron chi connectivity index (χ3n) is 3.15. The van der Waals surface area contributed by atoms with Gasteiger partial charge in [-0.2, -0.15) is 4.57 Å². The van der Waals surface area contributed by atoms with Crippen LogP contribution in [0.2, 0.25) is 0 Å². The lowest BCUT2D eigenvalue weighted by Gasteiger charge is -2.04. The molecule has 0 radical (unpaired) electrons. The highest BCUT2D eigenvalue weighted by Gasteiger charge is 2.15. The molecule has 0 unspecified atom stereocenters. The summed E-state index contributed by atoms with van der Waals surface area (Å²) in [6, 6.07) is 13.4. The molecule has 1 heterocycles. The maximum absolute atomic E-state index is 10.7. The Bertz CT molecular complexity index is 931. The molecular formula is C16H15NO4S2. The van der Waals surface area contributed by atoms with Crippen LogP contribution in [0.1, 0.15) is 15.4 Å². The van der Waals surface area contributed by atoms with Crippen molar-refractivity contribution < 1.29 is 22.3 Å². The van der Waals surface area contributed by atoms with Crippen molar-refractivity contribution in [2.75, 3.05) is 0 Å². The Kier molecular flexibility index (Phi) is 5.25. The summed E-state index contributed by atoms with van der Waals surface area (Å²) < 4.78 is 33.9. The highest BCUT2D eigenvalue weighted by molar-refractivity contribution is 7.85. The number of carbonyl (C=O) groups excluding carboxylic acids is 1. The van der Waals surface area contributed by atoms with Crippen molar-refractivity contribution in [3.05, 3.63) is 59.1 Å². The van der Waals surface area contributed by atoms with Gasteiger partial charge in [0.25, 0.3) is 0 Å². The fourth-order valence-corrected chi connectivity index (χ4v) is 3.40. The highest BCUT2D eigenvalue weighted by atomic mass is 32.2. The number of aryl methyl sites for hydroxylation is 2. The zero-order valence-electron chi connectivity index (χ0n) is 12.6. The van der Waals surface area contributed by atoms with E-state index in [4.69, 9.17) is 0 Å². The minimum Gasteiger partial charge on any atom is -0.744 e. The number of carbonyl (C=O) groups is 1. The summed E-state index contributed by atoms with van der Waals surface area (Å²) in [6.07, 6.45) is 0.903. The first-order valence-electron chi connectivity index (χ1n) is 6.68. The molecule has 0 saturated carbocycles. The van der Waals surface area contributed by atoms with Gasteiger partial charge in [-0.3, -0.25) is 4.79 Å². The lowest BCUT2D eigenvalue weighted by molar-refractivity contribution is -0.641. The van der Waals surface area contributed by atoms with Gasteiger partial charge < -0.3 is 4.55 Å². The van der Waals surface area contributed by atoms with Crippen molar-refractivity contribution in [2.45, 2.75) is 11.8 Å². The fraction of sp³-hybridized carbons (Fsp3) is 0.125. The van der Waals surface area contributed by atoms with Crippen LogP contribution in [0.25, 0.3) is 10.2 Å². The molecule has 1 aromatic heterocycles. The van der Waals surface area contributed by atoms with Crippen LogP contribution in [0.5, 0.6) is 0 Å². The van der Waals surface area contributed by atoms with E-state index in [-0.39, 0.29) is 4.90 Å². The van der Waals surface area contributed by atoms with Gasteiger partial charge in [-0.05, 0) is 30.7 Å². The largest absolute Gasteiger partial charge is 0.744 e. The van der Waals surface area contributed by atoms with E-state index in [0.29, 0.717) is 0 Å². The first-order chi connectivity index (χ1) is 10.8. The number of benzene rings is 2. The topological polar surface area (TPSA) is 78.1 Å². The molecule has 0 N–H and O–H groups in total. The molecule has 3 aromatic rings. The molecule has 0 aliphatic carbocycles. The molecule has 0 amide bonds. The van der Waals surface area contributed by atoms with E-state index in [9.17, 15) is 17.8 Å². The van der Waals surface area contributed by atoms with Gasteiger partial charge in [-0.15, -0.1) is 0 Å². The summed E-state index contributed by atoms with van der Waals surface area (Å²) in [5.41, 5.74) is 2.35. The van der Waals surface area contributed by atoms with Crippen LogP contribution < -0.4 is 4.57 Å². The summed E-state index contributed by atoms with van der Waals surface area (Å²) in [7, 11) is -2.33. The predicted octanol–water partition coefficient (Wildman–Crippen LogP) is 2.44. The molecule has 120 valence electrons. The van der Waals surface area contributed by atoms with Crippen molar-refractivity contribution >= 4 is 38.0 Å². The predicted molar refractivity (Wildman–Crippen MR) is 87.5 cm³/mol. The number of aromatic nitrogens is 1. The Morgan fingerprint density at radius 3 is 2.30 bits per heavy atom. The van der Waals surface area contributed by atoms with Crippen LogP contribution in [-0.4, -0.2) is 19.3 Å². The maximum Gasteiger partial charge on any atom is 0.302 e. The van der Waals surface area contributed by atoms with E-state index >= 15 is 0 Å². The second-order valence-corrected chi connectivity index (χ2v) is 7.30. The molecule has 0 aliphatic heterocycles. The van der Waals surface area contributed by atoms with Gasteiger partial charge in [-0.1, -0.05) is 35.6 Å². The molecular weight excluding hydrogens is 334 g/mol. The molecule has 7 heteroatoms. The quantitative estimate of drug-likeness (QED) is 0.404. The van der Waals surface area contributed by atoms with Crippen molar-refractivity contribution in [3.8, 4) is 0 Å². The molecule has 23 heavy (non-hydrogen) atoms. The SMILES string of the molecule is Cc1ccc2sc(C=O)[n+](C)c2c1.O=S(=O)([O-])c1ccccc1. The van der Waals surface area contributed by atoms with Crippen LogP contribution in [0.4, 0.5) is 0 Å². The molecule has 2 aromatic carbocycles. The smallest absolute Gasteiger partial charge is 0.302 e. The second-order valence-electron chi connectivity index (χ2n) is 4.86. The van der Waals surface area contributed by atoms with Crippen molar-refractivity contribution in [3.63, 3.8) is 0 Å². The Morgan fingerprint density at radius 1 is 1.13 bits per heavy atom. The van der Waals surface area contributed by atoms with Crippen LogP contribution in [-0.2, 0) is 17.2 Å². The van der Waals surface area contributed by atoms with E-state index in [1.54, 1.807) is 6.07 Å². The molecule has 0 aliphatic rings. The molecule has 0 spiro atoms. The maximum atomic E-state index is 10.7. The summed E-state index contributed by atoms with van der Waals surface area (Å²) in [6.45, 7) is 2.05. The Morgan fingerprint density at radius 2 is 1.78 bits per heavy atom. The summed E-state index contributed by atoms with van der Waals surface area (Å²) in [4.78, 5) is 10.5. The van der Waals surface area contributed by atoms with Crippen LogP contribution >= 0.6 is 11.3 Å². The van der Waals surface area contributed by atoms with Crippen molar-refractivity contribution in [2.24, 2.45) is 7.05 Å². The highest BCUT2D eigenvalue weighted by Crippen LogP contribution is 2.19. The minimum absolute atomic E-state index is 0.185. The fourth-order valence-electron chi connectivity index (χ4n) is 1.97. The minimum atomic E-state index is -4.25. The van der Waals surface area contributed by atoms with Crippen molar-refractivity contribution in [1.29, 1.82) is 0 Å². The van der Waals surface area contributed by atoms with E-state index in [1.807, 2.05) is 11.6 Å². The first kappa shape index (κ1) is 17.3. The Balaban J connectivity index is 0.000000174. The Hall–Kier alpha value is -2.09. The lowest BCUT2D eigenvalue weighted by Crippen LogP contribution is -2.30. The van der Waals surface area contributed by atoms with Gasteiger partial charge in [0.1, 0.15) is 21.9 Å². The third kappa shape index (κ3) is 4.22. The normalized spacial score (nSPS) is 10.9. The summed E-state index contributed by atoms with van der Waals surface area (Å²) in [5, 5.41) is 0.764. The van der Waals surface area contributed by atoms with Gasteiger partial charge in [0.05, 0.1) is 4.90 Å². The van der Waals surface area contributed by atoms with E-state index in [2.05, 4.69) is 25.1 Å². The van der Waals surface area contributed by atoms with Crippen LogP contribution in [0.15, 0.2) is 53.4 Å². The van der Waals surface area contributed by atoms with Gasteiger partial charge in [0.2, 0.25) is 11.8 Å². The van der Waals surface area contributed by atoms with Crippen LogP contribution in [0.3, 0.4) is 0 Å². The monoisotopic (exact) mass is 349 g/mol. The molecule has 3 rings (SSSR count). The van der Waals surface area contributed by atoms with E-state index < -0.39 is 10.1 Å². The number of thiazole rings is 1. The summed E-state index contributed by atoms with van der Waals surface area (Å²) >= 11 is 1.53. The molecule has 0 fully saturated rings. The van der Waals surface area contributed by atoms with Gasteiger partial charge in [0.15, 0.2) is 0 Å². The number of hydrogen-bond donors (Lipinski definition) is 0. The average molecular weight is 349 g/mol. The number of fused-ring (bicyclic) bond motifs is 1. The van der Waals surface area contributed by atoms with E-state index in [1.165, 1.54) is 41.2 Å². The van der Waals surface area contributed by atoms with Crippen molar-refractivity contribution in [1.82, 2.24) is 0 Å². The number of nitrogens with zero attached hydrogens (tertiary/aromatic N) is 1. The Labute approximate surface area is 138 Å². The zero-order chi connectivity index (χ0) is 17.0. The molecule has 0 atom stereocenters. The number of hydrogen-bond acceptors (Lipinski definition) is 5. The number of aldehydes is 1. The van der Waals surface area contributed by atoms with E-state index in [0.717, 1.165) is 21.5 Å². The molecule has 0 bridgehead atoms.